The number of ketones is 1. The number of halogens is 1. The van der Waals surface area contributed by atoms with Gasteiger partial charge < -0.3 is 19.9 Å². The lowest BCUT2D eigenvalue weighted by molar-refractivity contribution is -0.143. The number of hydrogen-bond acceptors (Lipinski definition) is 9. The number of hydrogen-bond donors (Lipinski definition) is 2. The van der Waals surface area contributed by atoms with Gasteiger partial charge in [0.1, 0.15) is 6.33 Å². The van der Waals surface area contributed by atoms with Gasteiger partial charge in [-0.15, -0.1) is 0 Å². The van der Waals surface area contributed by atoms with Crippen molar-refractivity contribution in [1.29, 1.82) is 0 Å². The summed E-state index contributed by atoms with van der Waals surface area (Å²) in [6.45, 7) is 2.58. The molecule has 0 amide bonds. The van der Waals surface area contributed by atoms with Crippen LogP contribution in [0.25, 0.3) is 0 Å². The van der Waals surface area contributed by atoms with Gasteiger partial charge in [-0.25, -0.2) is 22.8 Å². The predicted molar refractivity (Wildman–Crippen MR) is 114 cm³/mol. The Hall–Kier alpha value is -3.12. The number of carboxylic acids is 1. The molecule has 178 valence electrons. The minimum atomic E-state index is -3.59. The highest BCUT2D eigenvalue weighted by atomic mass is 32.2. The lowest BCUT2D eigenvalue weighted by Crippen LogP contribution is -2.52. The van der Waals surface area contributed by atoms with Crippen molar-refractivity contribution in [1.82, 2.24) is 15.3 Å². The molecule has 1 aromatic carbocycles. The minimum Gasteiger partial charge on any atom is -0.481 e. The Morgan fingerprint density at radius 2 is 1.85 bits per heavy atom. The Morgan fingerprint density at radius 3 is 2.45 bits per heavy atom. The van der Waals surface area contributed by atoms with Crippen LogP contribution in [0.1, 0.15) is 31.2 Å². The number of aliphatic carboxylic acids is 1. The number of rotatable bonds is 9. The van der Waals surface area contributed by atoms with Gasteiger partial charge >= 0.3 is 5.97 Å². The van der Waals surface area contributed by atoms with Crippen LogP contribution < -0.4 is 14.8 Å². The van der Waals surface area contributed by atoms with Crippen molar-refractivity contribution in [2.45, 2.75) is 43.1 Å². The zero-order chi connectivity index (χ0) is 24.2. The highest BCUT2D eigenvalue weighted by molar-refractivity contribution is 7.90. The first-order valence-corrected chi connectivity index (χ1v) is 12.0. The van der Waals surface area contributed by atoms with Crippen molar-refractivity contribution >= 4 is 21.6 Å². The van der Waals surface area contributed by atoms with Crippen LogP contribution in [-0.4, -0.2) is 60.2 Å². The van der Waals surface area contributed by atoms with E-state index in [9.17, 15) is 22.4 Å². The topological polar surface area (TPSA) is 145 Å². The second-order valence-electron chi connectivity index (χ2n) is 7.74. The molecule has 0 spiro atoms. The molecule has 0 unspecified atom stereocenters. The Morgan fingerprint density at radius 1 is 1.18 bits per heavy atom. The summed E-state index contributed by atoms with van der Waals surface area (Å²) < 4.78 is 49.2. The maximum Gasteiger partial charge on any atom is 0.303 e. The number of sulfone groups is 1. The van der Waals surface area contributed by atoms with E-state index in [4.69, 9.17) is 14.6 Å². The third-order valence-corrected chi connectivity index (χ3v) is 6.42. The molecule has 2 heterocycles. The van der Waals surface area contributed by atoms with Crippen LogP contribution in [0.15, 0.2) is 29.4 Å². The number of nitrogens with one attached hydrogen (secondary N) is 1. The van der Waals surface area contributed by atoms with Crippen LogP contribution in [0.5, 0.6) is 17.5 Å². The molecule has 1 aliphatic rings. The summed E-state index contributed by atoms with van der Waals surface area (Å²) in [5.74, 6) is -2.53. The first kappa shape index (κ1) is 24.5. The molecule has 12 heteroatoms. The molecule has 3 rings (SSSR count). The molecule has 0 bridgehead atoms. The van der Waals surface area contributed by atoms with Crippen LogP contribution in [0.4, 0.5) is 4.39 Å². The van der Waals surface area contributed by atoms with E-state index in [1.807, 2.05) is 0 Å². The van der Waals surface area contributed by atoms with Crippen molar-refractivity contribution in [2.24, 2.45) is 0 Å². The average molecular weight is 482 g/mol. The summed E-state index contributed by atoms with van der Waals surface area (Å²) in [6.07, 6.45) is 2.27. The Labute approximate surface area is 190 Å². The molecule has 0 atom stereocenters. The van der Waals surface area contributed by atoms with E-state index in [0.717, 1.165) is 18.6 Å². The summed E-state index contributed by atoms with van der Waals surface area (Å²) in [5.41, 5.74) is -0.951. The van der Waals surface area contributed by atoms with Crippen LogP contribution in [-0.2, 0) is 19.4 Å². The van der Waals surface area contributed by atoms with Gasteiger partial charge in [-0.3, -0.25) is 9.59 Å². The lowest BCUT2D eigenvalue weighted by atomic mass is 9.85. The van der Waals surface area contributed by atoms with Gasteiger partial charge in [0, 0.05) is 25.5 Å². The molecule has 0 aliphatic carbocycles. The smallest absolute Gasteiger partial charge is 0.303 e. The van der Waals surface area contributed by atoms with Gasteiger partial charge in [0.2, 0.25) is 11.8 Å². The molecule has 1 fully saturated rings. The van der Waals surface area contributed by atoms with Gasteiger partial charge in [-0.05, 0) is 38.2 Å². The fourth-order valence-corrected chi connectivity index (χ4v) is 4.06. The zero-order valence-electron chi connectivity index (χ0n) is 18.1. The highest BCUT2D eigenvalue weighted by Gasteiger charge is 2.42. The number of piperidine rings is 1. The van der Waals surface area contributed by atoms with Crippen LogP contribution in [0, 0.1) is 12.7 Å². The molecule has 2 aromatic rings. The van der Waals surface area contributed by atoms with E-state index in [1.165, 1.54) is 12.1 Å². The maximum atomic E-state index is 14.4. The van der Waals surface area contributed by atoms with Crippen molar-refractivity contribution in [3.8, 4) is 17.5 Å². The number of carbonyl (C=O) groups is 2. The van der Waals surface area contributed by atoms with Crippen molar-refractivity contribution in [3.05, 3.63) is 35.9 Å². The summed E-state index contributed by atoms with van der Waals surface area (Å²) in [7, 11) is -3.59. The third-order valence-electron chi connectivity index (χ3n) is 5.31. The van der Waals surface area contributed by atoms with Crippen LogP contribution in [0.2, 0.25) is 0 Å². The Balaban J connectivity index is 1.87. The molecular formula is C21H24FN3O7S. The quantitative estimate of drug-likeness (QED) is 0.546. The van der Waals surface area contributed by atoms with Gasteiger partial charge in [-0.1, -0.05) is 0 Å². The standard InChI is InChI=1S/C21H24FN3O7S/c1-13-19(31-16-4-3-14(11-15(16)22)33(2,29)30)24-12-25-20(13)32-21(7-9-23-10-8-21)17(26)5-6-18(27)28/h3-4,11-12,23H,5-10H2,1-2H3,(H,27,28). The SMILES string of the molecule is Cc1c(Oc2ccc(S(C)(=O)=O)cc2F)ncnc1OC1(C(=O)CCC(=O)O)CCNCC1. The predicted octanol–water partition coefficient (Wildman–Crippen LogP) is 2.05. The summed E-state index contributed by atoms with van der Waals surface area (Å²) in [5, 5.41) is 12.1. The van der Waals surface area contributed by atoms with Crippen LogP contribution >= 0.6 is 0 Å². The molecule has 33 heavy (non-hydrogen) atoms. The van der Waals surface area contributed by atoms with Crippen molar-refractivity contribution in [2.75, 3.05) is 19.3 Å². The molecule has 0 radical (unpaired) electrons. The van der Waals surface area contributed by atoms with E-state index in [0.29, 0.717) is 31.5 Å². The van der Waals surface area contributed by atoms with E-state index in [-0.39, 0.29) is 41.0 Å². The number of nitrogens with zero attached hydrogens (tertiary/aromatic N) is 2. The molecular weight excluding hydrogens is 457 g/mol. The third kappa shape index (κ3) is 5.82. The number of carbonyl (C=O) groups excluding carboxylic acids is 1. The fraction of sp³-hybridized carbons (Fsp3) is 0.429. The van der Waals surface area contributed by atoms with Crippen molar-refractivity contribution in [3.63, 3.8) is 0 Å². The summed E-state index contributed by atoms with van der Waals surface area (Å²) in [4.78, 5) is 31.7. The Kier molecular flexibility index (Phi) is 7.28. The number of carboxylic acid groups (broad SMARTS) is 1. The van der Waals surface area contributed by atoms with E-state index in [2.05, 4.69) is 15.3 Å². The molecule has 1 saturated heterocycles. The molecule has 1 aliphatic heterocycles. The maximum absolute atomic E-state index is 14.4. The first-order valence-electron chi connectivity index (χ1n) is 10.2. The molecule has 0 saturated carbocycles. The van der Waals surface area contributed by atoms with E-state index < -0.39 is 27.2 Å². The van der Waals surface area contributed by atoms with Gasteiger partial charge in [-0.2, -0.15) is 0 Å². The molecule has 1 aromatic heterocycles. The minimum absolute atomic E-state index is 0.0342. The number of aromatic nitrogens is 2. The van der Waals surface area contributed by atoms with Gasteiger partial charge in [0.25, 0.3) is 0 Å². The zero-order valence-corrected chi connectivity index (χ0v) is 18.9. The van der Waals surface area contributed by atoms with Crippen LogP contribution in [0.3, 0.4) is 0 Å². The van der Waals surface area contributed by atoms with E-state index in [1.54, 1.807) is 6.92 Å². The van der Waals surface area contributed by atoms with E-state index >= 15 is 0 Å². The summed E-state index contributed by atoms with van der Waals surface area (Å²) in [6, 6.07) is 3.24. The van der Waals surface area contributed by atoms with Gasteiger partial charge in [0.15, 0.2) is 32.8 Å². The normalized spacial score (nSPS) is 15.6. The number of Topliss-reactive ketones (excluding diaryl/α,β-unsaturated/α-hetero) is 1. The highest BCUT2D eigenvalue weighted by Crippen LogP contribution is 2.34. The second kappa shape index (κ2) is 9.79. The Bertz CT molecular complexity index is 1160. The first-order chi connectivity index (χ1) is 15.5. The second-order valence-corrected chi connectivity index (χ2v) is 9.75. The van der Waals surface area contributed by atoms with Crippen molar-refractivity contribution < 1.29 is 37.0 Å². The monoisotopic (exact) mass is 481 g/mol. The van der Waals surface area contributed by atoms with Gasteiger partial charge in [0.05, 0.1) is 16.9 Å². The number of benzene rings is 1. The molecule has 2 N–H and O–H groups in total. The molecule has 10 nitrogen and oxygen atoms in total. The fourth-order valence-electron chi connectivity index (χ4n) is 3.43. The lowest BCUT2D eigenvalue weighted by Gasteiger charge is -2.36. The largest absolute Gasteiger partial charge is 0.481 e. The number of ether oxygens (including phenoxy) is 2. The average Bonchev–Trinajstić information content (AvgIpc) is 2.76. The summed E-state index contributed by atoms with van der Waals surface area (Å²) >= 11 is 0.